The van der Waals surface area contributed by atoms with E-state index in [-0.39, 0.29) is 18.3 Å². The number of hydrogen-bond donors (Lipinski definition) is 1. The van der Waals surface area contributed by atoms with Gasteiger partial charge in [0.15, 0.2) is 0 Å². The number of ether oxygens (including phenoxy) is 1. The lowest BCUT2D eigenvalue weighted by Gasteiger charge is -2.10. The molecule has 0 radical (unpaired) electrons. The van der Waals surface area contributed by atoms with E-state index in [1.807, 2.05) is 30.5 Å². The maximum absolute atomic E-state index is 13.0. The third kappa shape index (κ3) is 4.58. The quantitative estimate of drug-likeness (QED) is 0.397. The third-order valence-electron chi connectivity index (χ3n) is 4.17. The molecule has 152 valence electrons. The number of benzene rings is 2. The Hall–Kier alpha value is -3.04. The summed E-state index contributed by atoms with van der Waals surface area (Å²) in [6.07, 6.45) is 3.49. The Bertz CT molecular complexity index is 1190. The number of thiazole rings is 1. The number of nitrogens with one attached hydrogen (secondary N) is 1. The van der Waals surface area contributed by atoms with Crippen molar-refractivity contribution < 1.29 is 13.9 Å². The van der Waals surface area contributed by atoms with Gasteiger partial charge in [0.25, 0.3) is 5.91 Å². The van der Waals surface area contributed by atoms with Gasteiger partial charge < -0.3 is 10.1 Å². The van der Waals surface area contributed by atoms with E-state index in [0.717, 1.165) is 10.2 Å². The highest BCUT2D eigenvalue weighted by molar-refractivity contribution is 9.10. The second kappa shape index (κ2) is 8.76. The van der Waals surface area contributed by atoms with Crippen molar-refractivity contribution in [2.24, 2.45) is 0 Å². The summed E-state index contributed by atoms with van der Waals surface area (Å²) in [5.41, 5.74) is 2.00. The van der Waals surface area contributed by atoms with Crippen LogP contribution in [0.25, 0.3) is 5.69 Å². The van der Waals surface area contributed by atoms with Crippen LogP contribution in [0, 0.1) is 12.7 Å². The van der Waals surface area contributed by atoms with E-state index in [2.05, 4.69) is 31.3 Å². The molecule has 0 spiro atoms. The Morgan fingerprint density at radius 3 is 2.73 bits per heavy atom. The highest BCUT2D eigenvalue weighted by Crippen LogP contribution is 2.25. The zero-order valence-electron chi connectivity index (χ0n) is 15.8. The zero-order chi connectivity index (χ0) is 21.1. The number of amides is 1. The lowest BCUT2D eigenvalue weighted by molar-refractivity contribution is 0.102. The van der Waals surface area contributed by atoms with Crippen LogP contribution in [0.1, 0.15) is 20.4 Å². The smallest absolute Gasteiger partial charge is 0.267 e. The largest absolute Gasteiger partial charge is 0.486 e. The summed E-state index contributed by atoms with van der Waals surface area (Å²) < 4.78 is 21.1. The number of carbonyl (C=O) groups is 1. The summed E-state index contributed by atoms with van der Waals surface area (Å²) in [5, 5.41) is 7.88. The molecule has 1 N–H and O–H groups in total. The number of carbonyl (C=O) groups excluding carboxylic acids is 1. The third-order valence-corrected chi connectivity index (χ3v) is 5.71. The van der Waals surface area contributed by atoms with Gasteiger partial charge in [-0.2, -0.15) is 5.10 Å². The molecule has 0 aliphatic rings. The molecule has 2 aromatic carbocycles. The first-order chi connectivity index (χ1) is 14.5. The molecule has 0 aliphatic carbocycles. The second-order valence-corrected chi connectivity index (χ2v) is 8.34. The van der Waals surface area contributed by atoms with Crippen molar-refractivity contribution in [3.63, 3.8) is 0 Å². The highest BCUT2D eigenvalue weighted by Gasteiger charge is 2.17. The maximum Gasteiger partial charge on any atom is 0.267 e. The van der Waals surface area contributed by atoms with Crippen LogP contribution in [0.3, 0.4) is 0 Å². The minimum absolute atomic E-state index is 0.197. The topological polar surface area (TPSA) is 69.0 Å². The molecule has 0 saturated carbocycles. The number of aryl methyl sites for hydroxylation is 1. The van der Waals surface area contributed by atoms with Crippen LogP contribution in [-0.4, -0.2) is 20.7 Å². The summed E-state index contributed by atoms with van der Waals surface area (Å²) in [7, 11) is 0. The van der Waals surface area contributed by atoms with Gasteiger partial charge in [0.1, 0.15) is 28.1 Å². The Balaban J connectivity index is 1.49. The minimum Gasteiger partial charge on any atom is -0.486 e. The number of rotatable bonds is 6. The van der Waals surface area contributed by atoms with Gasteiger partial charge in [-0.1, -0.05) is 12.1 Å². The van der Waals surface area contributed by atoms with Crippen LogP contribution in [0.4, 0.5) is 10.1 Å². The molecule has 0 aliphatic heterocycles. The van der Waals surface area contributed by atoms with Gasteiger partial charge in [0.2, 0.25) is 0 Å². The number of para-hydroxylation sites is 2. The molecule has 4 aromatic rings. The Morgan fingerprint density at radius 2 is 2.00 bits per heavy atom. The molecule has 1 amide bonds. The fourth-order valence-corrected chi connectivity index (χ4v) is 3.95. The van der Waals surface area contributed by atoms with Gasteiger partial charge in [-0.15, -0.1) is 11.3 Å². The van der Waals surface area contributed by atoms with Crippen LogP contribution in [0.5, 0.6) is 5.75 Å². The molecule has 6 nitrogen and oxygen atoms in total. The highest BCUT2D eigenvalue weighted by atomic mass is 79.9. The van der Waals surface area contributed by atoms with E-state index in [1.54, 1.807) is 29.9 Å². The molecule has 0 atom stereocenters. The molecule has 0 saturated heterocycles. The van der Waals surface area contributed by atoms with Crippen molar-refractivity contribution in [1.82, 2.24) is 14.8 Å². The SMILES string of the molecule is Cc1nc(COc2ccc(F)cc2)sc1C(=O)Nc1ccccc1-n1cc(Br)cn1. The van der Waals surface area contributed by atoms with Crippen LogP contribution < -0.4 is 10.1 Å². The number of halogens is 2. The molecule has 0 bridgehead atoms. The van der Waals surface area contributed by atoms with Crippen molar-refractivity contribution >= 4 is 38.9 Å². The minimum atomic E-state index is -0.325. The van der Waals surface area contributed by atoms with Crippen LogP contribution in [0.2, 0.25) is 0 Å². The number of aromatic nitrogens is 3. The number of anilines is 1. The first-order valence-electron chi connectivity index (χ1n) is 8.95. The molecular weight excluding hydrogens is 471 g/mol. The Labute approximate surface area is 184 Å². The van der Waals surface area contributed by atoms with E-state index in [9.17, 15) is 9.18 Å². The summed E-state index contributed by atoms with van der Waals surface area (Å²) in [4.78, 5) is 17.8. The second-order valence-electron chi connectivity index (χ2n) is 6.34. The number of nitrogens with zero attached hydrogens (tertiary/aromatic N) is 3. The molecule has 2 aromatic heterocycles. The summed E-state index contributed by atoms with van der Waals surface area (Å²) >= 11 is 4.64. The van der Waals surface area contributed by atoms with Crippen molar-refractivity contribution in [3.05, 3.63) is 86.8 Å². The lowest BCUT2D eigenvalue weighted by atomic mass is 10.2. The zero-order valence-corrected chi connectivity index (χ0v) is 18.2. The van der Waals surface area contributed by atoms with E-state index >= 15 is 0 Å². The first kappa shape index (κ1) is 20.2. The Morgan fingerprint density at radius 1 is 1.23 bits per heavy atom. The predicted octanol–water partition coefficient (Wildman–Crippen LogP) is 5.37. The monoisotopic (exact) mass is 486 g/mol. The normalized spacial score (nSPS) is 10.8. The molecule has 30 heavy (non-hydrogen) atoms. The van der Waals surface area contributed by atoms with Crippen molar-refractivity contribution in [2.75, 3.05) is 5.32 Å². The van der Waals surface area contributed by atoms with Crippen molar-refractivity contribution in [3.8, 4) is 11.4 Å². The first-order valence-corrected chi connectivity index (χ1v) is 10.6. The molecule has 4 rings (SSSR count). The Kier molecular flexibility index (Phi) is 5.91. The van der Waals surface area contributed by atoms with Gasteiger partial charge in [0.05, 0.1) is 27.7 Å². The average molecular weight is 487 g/mol. The van der Waals surface area contributed by atoms with Gasteiger partial charge in [-0.3, -0.25) is 4.79 Å². The van der Waals surface area contributed by atoms with Gasteiger partial charge in [-0.25, -0.2) is 14.1 Å². The van der Waals surface area contributed by atoms with Crippen LogP contribution >= 0.6 is 27.3 Å². The van der Waals surface area contributed by atoms with E-state index in [0.29, 0.717) is 27.0 Å². The van der Waals surface area contributed by atoms with Gasteiger partial charge in [0, 0.05) is 6.20 Å². The standard InChI is InChI=1S/C21H16BrFN4O2S/c1-13-20(30-19(25-13)12-29-16-8-6-15(23)7-9-16)21(28)26-17-4-2-3-5-18(17)27-11-14(22)10-24-27/h2-11H,12H2,1H3,(H,26,28). The summed E-state index contributed by atoms with van der Waals surface area (Å²) in [6.45, 7) is 1.98. The molecule has 2 heterocycles. The molecule has 0 unspecified atom stereocenters. The predicted molar refractivity (Wildman–Crippen MR) is 117 cm³/mol. The fraction of sp³-hybridized carbons (Fsp3) is 0.0952. The van der Waals surface area contributed by atoms with Gasteiger partial charge in [-0.05, 0) is 59.3 Å². The molecule has 9 heteroatoms. The van der Waals surface area contributed by atoms with Crippen LogP contribution in [-0.2, 0) is 6.61 Å². The lowest BCUT2D eigenvalue weighted by Crippen LogP contribution is -2.13. The number of hydrogen-bond acceptors (Lipinski definition) is 5. The summed E-state index contributed by atoms with van der Waals surface area (Å²) in [5.74, 6) is -0.0413. The van der Waals surface area contributed by atoms with E-state index in [4.69, 9.17) is 4.74 Å². The van der Waals surface area contributed by atoms with Gasteiger partial charge >= 0.3 is 0 Å². The molecule has 0 fully saturated rings. The summed E-state index contributed by atoms with van der Waals surface area (Å²) in [6, 6.07) is 13.2. The van der Waals surface area contributed by atoms with Crippen molar-refractivity contribution in [2.45, 2.75) is 13.5 Å². The maximum atomic E-state index is 13.0. The fourth-order valence-electron chi connectivity index (χ4n) is 2.79. The van der Waals surface area contributed by atoms with Crippen LogP contribution in [0.15, 0.2) is 65.4 Å². The van der Waals surface area contributed by atoms with E-state index in [1.165, 1.54) is 23.5 Å². The van der Waals surface area contributed by atoms with Crippen molar-refractivity contribution in [1.29, 1.82) is 0 Å². The average Bonchev–Trinajstić information content (AvgIpc) is 3.33. The molecular formula is C21H16BrFN4O2S. The van der Waals surface area contributed by atoms with E-state index < -0.39 is 0 Å².